The minimum absolute atomic E-state index is 0. The Labute approximate surface area is 226 Å². The Bertz CT molecular complexity index is 687. The van der Waals surface area contributed by atoms with Crippen LogP contribution in [0.5, 0.6) is 0 Å². The first-order chi connectivity index (χ1) is 15.4. The van der Waals surface area contributed by atoms with Gasteiger partial charge in [-0.2, -0.15) is 8.42 Å². The third-order valence-electron chi connectivity index (χ3n) is 5.22. The average molecular weight is 492 g/mol. The zero-order valence-electron chi connectivity index (χ0n) is 22.1. The number of hydrogen-bond acceptors (Lipinski definition) is 4. The van der Waals surface area contributed by atoms with Crippen LogP contribution in [0.2, 0.25) is 0 Å². The smallest absolute Gasteiger partial charge is 1.00 e. The number of nitrogens with two attached hydrogens (primary N) is 1. The van der Waals surface area contributed by atoms with Gasteiger partial charge in [0.2, 0.25) is 5.91 Å². The predicted molar refractivity (Wildman–Crippen MR) is 135 cm³/mol. The van der Waals surface area contributed by atoms with E-state index in [9.17, 15) is 13.2 Å². The molecule has 0 saturated carbocycles. The summed E-state index contributed by atoms with van der Waals surface area (Å²) in [6, 6.07) is 8.37. The third-order valence-corrected chi connectivity index (χ3v) is 6.55. The molecule has 2 N–H and O–H groups in total. The summed E-state index contributed by atoms with van der Waals surface area (Å²) in [5.41, 5.74) is 4.53. The molecule has 0 atom stereocenters. The zero-order chi connectivity index (χ0) is 23.9. The van der Waals surface area contributed by atoms with E-state index < -0.39 is 16.0 Å². The van der Waals surface area contributed by atoms with Crippen LogP contribution < -0.4 is 35.3 Å². The maximum Gasteiger partial charge on any atom is 1.00 e. The molecule has 0 aliphatic carbocycles. The largest absolute Gasteiger partial charge is 1.00 e. The first-order valence-electron chi connectivity index (χ1n) is 12.3. The maximum atomic E-state index is 12.0. The number of amides is 1. The van der Waals surface area contributed by atoms with Gasteiger partial charge >= 0.3 is 29.6 Å². The van der Waals surface area contributed by atoms with Gasteiger partial charge in [0.15, 0.2) is 0 Å². The SMILES string of the molecule is C=CC(N)=O.CCCCCCCCCCCCCCCCCOS(=O)(=O)c1ccccc1.[H-].[Na+]. The van der Waals surface area contributed by atoms with Crippen LogP contribution >= 0.6 is 0 Å². The molecular formula is C26H46NNaO4S. The molecule has 0 fully saturated rings. The van der Waals surface area contributed by atoms with Crippen LogP contribution in [0.15, 0.2) is 47.9 Å². The van der Waals surface area contributed by atoms with E-state index in [1.165, 1.54) is 83.5 Å². The Balaban J connectivity index is -0.00000124. The molecule has 7 heteroatoms. The second-order valence-corrected chi connectivity index (χ2v) is 9.76. The number of hydrogen-bond donors (Lipinski definition) is 1. The van der Waals surface area contributed by atoms with Gasteiger partial charge in [0.25, 0.3) is 10.1 Å². The van der Waals surface area contributed by atoms with Crippen LogP contribution in [0.3, 0.4) is 0 Å². The first kappa shape index (κ1) is 34.5. The fourth-order valence-corrected chi connectivity index (χ4v) is 4.26. The summed E-state index contributed by atoms with van der Waals surface area (Å²) < 4.78 is 29.0. The molecule has 1 rings (SSSR count). The fourth-order valence-electron chi connectivity index (χ4n) is 3.30. The standard InChI is InChI=1S/C23H40O3S.C3H5NO.Na.H/c1-2-3-4-5-6-7-8-9-10-11-12-13-14-15-19-22-26-27(24,25)23-20-17-16-18-21-23;1-2-3(4)5;;/h16-18,20-21H,2-15,19,22H2,1H3;2H,1H2,(H2,4,5);;/q;;+1;-1. The number of primary amides is 1. The van der Waals surface area contributed by atoms with Crippen molar-refractivity contribution in [3.63, 3.8) is 0 Å². The monoisotopic (exact) mass is 491 g/mol. The van der Waals surface area contributed by atoms with Crippen molar-refractivity contribution in [2.75, 3.05) is 6.61 Å². The van der Waals surface area contributed by atoms with Gasteiger partial charge in [-0.3, -0.25) is 8.98 Å². The van der Waals surface area contributed by atoms with Gasteiger partial charge < -0.3 is 7.16 Å². The van der Waals surface area contributed by atoms with Crippen LogP contribution in [0.1, 0.15) is 105 Å². The molecule has 0 spiro atoms. The summed E-state index contributed by atoms with van der Waals surface area (Å²) >= 11 is 0. The molecule has 0 bridgehead atoms. The molecule has 0 unspecified atom stereocenters. The van der Waals surface area contributed by atoms with Crippen LogP contribution in [0.4, 0.5) is 0 Å². The molecule has 1 amide bonds. The Hall–Kier alpha value is -0.660. The zero-order valence-corrected chi connectivity index (χ0v) is 23.9. The molecule has 0 saturated heterocycles. The van der Waals surface area contributed by atoms with Crippen molar-refractivity contribution in [1.82, 2.24) is 0 Å². The molecule has 0 aliphatic heterocycles. The van der Waals surface area contributed by atoms with E-state index in [1.807, 2.05) is 0 Å². The molecular weight excluding hydrogens is 445 g/mol. The number of benzene rings is 1. The van der Waals surface area contributed by atoms with Gasteiger partial charge in [-0.15, -0.1) is 0 Å². The van der Waals surface area contributed by atoms with Gasteiger partial charge in [0, 0.05) is 0 Å². The molecule has 1 aromatic rings. The molecule has 1 aromatic carbocycles. The van der Waals surface area contributed by atoms with E-state index in [4.69, 9.17) is 4.18 Å². The molecule has 0 aliphatic rings. The van der Waals surface area contributed by atoms with Crippen molar-refractivity contribution in [3.05, 3.63) is 43.0 Å². The summed E-state index contributed by atoms with van der Waals surface area (Å²) in [4.78, 5) is 9.71. The molecule has 0 heterocycles. The number of carbonyl (C=O) groups excluding carboxylic acids is 1. The van der Waals surface area contributed by atoms with Gasteiger partial charge in [0.1, 0.15) is 0 Å². The Kier molecular flexibility index (Phi) is 25.6. The van der Waals surface area contributed by atoms with Crippen LogP contribution in [-0.2, 0) is 19.1 Å². The minimum atomic E-state index is -3.58. The van der Waals surface area contributed by atoms with Crippen LogP contribution in [-0.4, -0.2) is 20.9 Å². The quantitative estimate of drug-likeness (QED) is 0.137. The Morgan fingerprint density at radius 1 is 0.848 bits per heavy atom. The molecule has 33 heavy (non-hydrogen) atoms. The summed E-state index contributed by atoms with van der Waals surface area (Å²) in [6.07, 6.45) is 20.5. The van der Waals surface area contributed by atoms with E-state index in [0.717, 1.165) is 18.9 Å². The van der Waals surface area contributed by atoms with E-state index >= 15 is 0 Å². The van der Waals surface area contributed by atoms with Crippen molar-refractivity contribution in [3.8, 4) is 0 Å². The van der Waals surface area contributed by atoms with Gasteiger partial charge in [-0.05, 0) is 24.6 Å². The Morgan fingerprint density at radius 3 is 1.58 bits per heavy atom. The summed E-state index contributed by atoms with van der Waals surface area (Å²) in [7, 11) is -3.58. The van der Waals surface area contributed by atoms with E-state index in [2.05, 4.69) is 19.2 Å². The van der Waals surface area contributed by atoms with Crippen molar-refractivity contribution in [2.45, 2.75) is 108 Å². The normalized spacial score (nSPS) is 10.6. The molecule has 0 radical (unpaired) electrons. The second kappa shape index (κ2) is 24.5. The van der Waals surface area contributed by atoms with Crippen molar-refractivity contribution in [1.29, 1.82) is 0 Å². The number of rotatable bonds is 19. The second-order valence-electron chi connectivity index (χ2n) is 8.15. The topological polar surface area (TPSA) is 86.5 Å². The van der Waals surface area contributed by atoms with Crippen molar-refractivity contribution < 1.29 is 48.4 Å². The van der Waals surface area contributed by atoms with E-state index in [0.29, 0.717) is 0 Å². The molecule has 5 nitrogen and oxygen atoms in total. The molecule has 0 aromatic heterocycles. The van der Waals surface area contributed by atoms with Gasteiger partial charge in [0.05, 0.1) is 11.5 Å². The van der Waals surface area contributed by atoms with E-state index in [-0.39, 0.29) is 42.5 Å². The maximum absolute atomic E-state index is 12.0. The number of carbonyl (C=O) groups is 1. The van der Waals surface area contributed by atoms with Gasteiger partial charge in [-0.25, -0.2) is 0 Å². The third kappa shape index (κ3) is 22.9. The summed E-state index contributed by atoms with van der Waals surface area (Å²) in [6.45, 7) is 5.64. The van der Waals surface area contributed by atoms with Crippen LogP contribution in [0, 0.1) is 0 Å². The first-order valence-corrected chi connectivity index (χ1v) is 13.7. The van der Waals surface area contributed by atoms with Crippen LogP contribution in [0.25, 0.3) is 0 Å². The number of unbranched alkanes of at least 4 members (excludes halogenated alkanes) is 14. The fraction of sp³-hybridized carbons (Fsp3) is 0.654. The predicted octanol–water partition coefficient (Wildman–Crippen LogP) is 4.04. The van der Waals surface area contributed by atoms with Crippen molar-refractivity contribution in [2.24, 2.45) is 5.73 Å². The van der Waals surface area contributed by atoms with E-state index in [1.54, 1.807) is 30.3 Å². The summed E-state index contributed by atoms with van der Waals surface area (Å²) in [5.74, 6) is -0.481. The summed E-state index contributed by atoms with van der Waals surface area (Å²) in [5, 5.41) is 0. The van der Waals surface area contributed by atoms with Crippen molar-refractivity contribution >= 4 is 16.0 Å². The Morgan fingerprint density at radius 2 is 1.21 bits per heavy atom. The average Bonchev–Trinajstić information content (AvgIpc) is 2.79. The van der Waals surface area contributed by atoms with Gasteiger partial charge in [-0.1, -0.05) is 122 Å². The minimum Gasteiger partial charge on any atom is -1.00 e. The molecule has 186 valence electrons.